The quantitative estimate of drug-likeness (QED) is 0.608. The molecule has 2 rings (SSSR count). The predicted octanol–water partition coefficient (Wildman–Crippen LogP) is 0.140. The van der Waals surface area contributed by atoms with Crippen LogP contribution in [0.5, 0.6) is 0 Å². The molecule has 1 N–H and O–H groups in total. The Labute approximate surface area is 112 Å². The average molecular weight is 266 g/mol. The highest BCUT2D eigenvalue weighted by atomic mass is 16.5. The van der Waals surface area contributed by atoms with E-state index in [4.69, 9.17) is 13.9 Å². The summed E-state index contributed by atoms with van der Waals surface area (Å²) in [6, 6.07) is 3.56. The molecule has 5 heteroatoms. The van der Waals surface area contributed by atoms with Crippen LogP contribution >= 0.6 is 0 Å². The van der Waals surface area contributed by atoms with Crippen molar-refractivity contribution in [2.24, 2.45) is 0 Å². The molecule has 2 heterocycles. The van der Waals surface area contributed by atoms with Crippen LogP contribution in [-0.2, 0) is 14.3 Å². The van der Waals surface area contributed by atoms with Gasteiger partial charge in [0.1, 0.15) is 31.5 Å². The Bertz CT molecular complexity index is 407. The molecule has 1 saturated heterocycles. The second kappa shape index (κ2) is 7.11. The standard InChI is InChI=1S/C14H19NO4/c1-12(11-15-6-9-17-10-7-15)19-14(16)5-4-13-3-2-8-18-13/h2-5,8,12H,6-7,9-11H2,1H3/p+1/b5-4+/t12-/m0/s1. The van der Waals surface area contributed by atoms with Crippen molar-refractivity contribution in [2.75, 3.05) is 32.8 Å². The number of morpholine rings is 1. The summed E-state index contributed by atoms with van der Waals surface area (Å²) >= 11 is 0. The van der Waals surface area contributed by atoms with Crippen LogP contribution in [-0.4, -0.2) is 44.9 Å². The lowest BCUT2D eigenvalue weighted by atomic mass is 10.3. The number of rotatable bonds is 5. The summed E-state index contributed by atoms with van der Waals surface area (Å²) in [6.07, 6.45) is 4.47. The van der Waals surface area contributed by atoms with Gasteiger partial charge in [-0.25, -0.2) is 4.79 Å². The summed E-state index contributed by atoms with van der Waals surface area (Å²) < 4.78 is 15.7. The van der Waals surface area contributed by atoms with Crippen molar-refractivity contribution >= 4 is 12.0 Å². The molecule has 1 aliphatic heterocycles. The van der Waals surface area contributed by atoms with Crippen LogP contribution in [0.1, 0.15) is 12.7 Å². The number of carbonyl (C=O) groups is 1. The fraction of sp³-hybridized carbons (Fsp3) is 0.500. The summed E-state index contributed by atoms with van der Waals surface area (Å²) in [4.78, 5) is 13.0. The zero-order valence-electron chi connectivity index (χ0n) is 11.1. The van der Waals surface area contributed by atoms with E-state index in [1.54, 1.807) is 24.5 Å². The van der Waals surface area contributed by atoms with Gasteiger partial charge in [0, 0.05) is 6.08 Å². The first-order valence-electron chi connectivity index (χ1n) is 6.57. The van der Waals surface area contributed by atoms with Gasteiger partial charge in [-0.15, -0.1) is 0 Å². The fourth-order valence-electron chi connectivity index (χ4n) is 2.09. The van der Waals surface area contributed by atoms with Crippen molar-refractivity contribution in [2.45, 2.75) is 13.0 Å². The first kappa shape index (κ1) is 13.8. The van der Waals surface area contributed by atoms with Gasteiger partial charge in [-0.2, -0.15) is 0 Å². The Balaban J connectivity index is 1.72. The average Bonchev–Trinajstić information content (AvgIpc) is 2.90. The van der Waals surface area contributed by atoms with Crippen molar-refractivity contribution in [3.63, 3.8) is 0 Å². The van der Waals surface area contributed by atoms with Gasteiger partial charge in [-0.1, -0.05) is 0 Å². The number of quaternary nitrogens is 1. The van der Waals surface area contributed by atoms with Crippen LogP contribution in [0, 0.1) is 0 Å². The highest BCUT2D eigenvalue weighted by molar-refractivity contribution is 5.86. The van der Waals surface area contributed by atoms with Gasteiger partial charge in [0.25, 0.3) is 0 Å². The van der Waals surface area contributed by atoms with E-state index in [1.807, 2.05) is 6.92 Å². The molecule has 19 heavy (non-hydrogen) atoms. The predicted molar refractivity (Wildman–Crippen MR) is 69.7 cm³/mol. The molecule has 0 amide bonds. The molecule has 1 atom stereocenters. The Kier molecular flexibility index (Phi) is 5.18. The second-order valence-electron chi connectivity index (χ2n) is 4.66. The van der Waals surface area contributed by atoms with Crippen LogP contribution in [0.2, 0.25) is 0 Å². The smallest absolute Gasteiger partial charge is 0.331 e. The largest absolute Gasteiger partial charge is 0.465 e. The molecular formula is C14H20NO4+. The van der Waals surface area contributed by atoms with Crippen LogP contribution in [0.4, 0.5) is 0 Å². The minimum atomic E-state index is -0.337. The van der Waals surface area contributed by atoms with E-state index in [0.717, 1.165) is 32.8 Å². The van der Waals surface area contributed by atoms with Gasteiger partial charge in [0.15, 0.2) is 0 Å². The van der Waals surface area contributed by atoms with E-state index in [0.29, 0.717) is 5.76 Å². The molecule has 0 spiro atoms. The number of hydrogen-bond acceptors (Lipinski definition) is 4. The van der Waals surface area contributed by atoms with E-state index >= 15 is 0 Å². The first-order valence-corrected chi connectivity index (χ1v) is 6.57. The number of carbonyl (C=O) groups excluding carboxylic acids is 1. The molecule has 1 fully saturated rings. The van der Waals surface area contributed by atoms with E-state index in [-0.39, 0.29) is 12.1 Å². The van der Waals surface area contributed by atoms with Gasteiger partial charge >= 0.3 is 5.97 Å². The number of nitrogens with one attached hydrogen (secondary N) is 1. The summed E-state index contributed by atoms with van der Waals surface area (Å²) in [6.45, 7) is 6.27. The van der Waals surface area contributed by atoms with Crippen molar-refractivity contribution < 1.29 is 23.6 Å². The molecular weight excluding hydrogens is 246 g/mol. The molecule has 1 aromatic rings. The lowest BCUT2D eigenvalue weighted by Crippen LogP contribution is -3.15. The number of hydrogen-bond donors (Lipinski definition) is 1. The lowest BCUT2D eigenvalue weighted by Gasteiger charge is -2.25. The summed E-state index contributed by atoms with van der Waals surface area (Å²) in [7, 11) is 0. The zero-order valence-corrected chi connectivity index (χ0v) is 11.1. The first-order chi connectivity index (χ1) is 9.24. The van der Waals surface area contributed by atoms with E-state index in [1.165, 1.54) is 11.0 Å². The molecule has 0 aliphatic carbocycles. The van der Waals surface area contributed by atoms with Gasteiger partial charge in [-0.3, -0.25) is 0 Å². The molecule has 5 nitrogen and oxygen atoms in total. The third kappa shape index (κ3) is 4.89. The highest BCUT2D eigenvalue weighted by Crippen LogP contribution is 2.02. The molecule has 0 unspecified atom stereocenters. The Hall–Kier alpha value is -1.59. The molecule has 0 radical (unpaired) electrons. The van der Waals surface area contributed by atoms with Gasteiger partial charge in [0.05, 0.1) is 19.5 Å². The topological polar surface area (TPSA) is 53.1 Å². The van der Waals surface area contributed by atoms with Crippen LogP contribution < -0.4 is 4.90 Å². The van der Waals surface area contributed by atoms with Gasteiger partial charge < -0.3 is 18.8 Å². The second-order valence-corrected chi connectivity index (χ2v) is 4.66. The SMILES string of the molecule is C[C@@H](C[NH+]1CCOCC1)OC(=O)/C=C/c1ccco1. The maximum atomic E-state index is 11.6. The maximum absolute atomic E-state index is 11.6. The molecule has 1 aromatic heterocycles. The third-order valence-electron chi connectivity index (χ3n) is 3.02. The monoisotopic (exact) mass is 266 g/mol. The minimum Gasteiger partial charge on any atom is -0.465 e. The maximum Gasteiger partial charge on any atom is 0.331 e. The Morgan fingerprint density at radius 3 is 3.00 bits per heavy atom. The normalized spacial score (nSPS) is 18.6. The highest BCUT2D eigenvalue weighted by Gasteiger charge is 2.18. The van der Waals surface area contributed by atoms with Gasteiger partial charge in [-0.05, 0) is 25.1 Å². The van der Waals surface area contributed by atoms with E-state index in [2.05, 4.69) is 0 Å². The lowest BCUT2D eigenvalue weighted by molar-refractivity contribution is -0.910. The zero-order chi connectivity index (χ0) is 13.5. The van der Waals surface area contributed by atoms with Crippen LogP contribution in [0.25, 0.3) is 6.08 Å². The Morgan fingerprint density at radius 2 is 2.32 bits per heavy atom. The van der Waals surface area contributed by atoms with Crippen LogP contribution in [0.3, 0.4) is 0 Å². The number of ether oxygens (including phenoxy) is 2. The van der Waals surface area contributed by atoms with Crippen LogP contribution in [0.15, 0.2) is 28.9 Å². The van der Waals surface area contributed by atoms with Crippen molar-refractivity contribution in [1.29, 1.82) is 0 Å². The Morgan fingerprint density at radius 1 is 1.53 bits per heavy atom. The number of esters is 1. The third-order valence-corrected chi connectivity index (χ3v) is 3.02. The van der Waals surface area contributed by atoms with Gasteiger partial charge in [0.2, 0.25) is 0 Å². The van der Waals surface area contributed by atoms with Crippen molar-refractivity contribution in [1.82, 2.24) is 0 Å². The molecule has 104 valence electrons. The fourth-order valence-corrected chi connectivity index (χ4v) is 2.09. The summed E-state index contributed by atoms with van der Waals surface area (Å²) in [5.74, 6) is 0.306. The molecule has 0 bridgehead atoms. The minimum absolute atomic E-state index is 0.0955. The van der Waals surface area contributed by atoms with E-state index in [9.17, 15) is 4.79 Å². The van der Waals surface area contributed by atoms with E-state index < -0.39 is 0 Å². The number of furan rings is 1. The molecule has 1 aliphatic rings. The van der Waals surface area contributed by atoms with Crippen molar-refractivity contribution in [3.05, 3.63) is 30.2 Å². The van der Waals surface area contributed by atoms with Crippen molar-refractivity contribution in [3.8, 4) is 0 Å². The molecule has 0 saturated carbocycles. The summed E-state index contributed by atoms with van der Waals surface area (Å²) in [5, 5.41) is 0. The summed E-state index contributed by atoms with van der Waals surface area (Å²) in [5.41, 5.74) is 0. The molecule has 0 aromatic carbocycles.